The summed E-state index contributed by atoms with van der Waals surface area (Å²) >= 11 is 0. The van der Waals surface area contributed by atoms with E-state index in [0.29, 0.717) is 17.0 Å². The summed E-state index contributed by atoms with van der Waals surface area (Å²) in [5, 5.41) is 20.5. The second kappa shape index (κ2) is 6.35. The molecule has 3 heterocycles. The molecule has 0 bridgehead atoms. The summed E-state index contributed by atoms with van der Waals surface area (Å²) in [6, 6.07) is 34.7. The third-order valence-corrected chi connectivity index (χ3v) is 7.11. The Hall–Kier alpha value is -4.38. The van der Waals surface area contributed by atoms with Crippen LogP contribution in [0.25, 0.3) is 60.0 Å². The van der Waals surface area contributed by atoms with Gasteiger partial charge in [0, 0.05) is 50.5 Å². The van der Waals surface area contributed by atoms with Crippen molar-refractivity contribution in [2.45, 2.75) is 0 Å². The third kappa shape index (κ3) is 2.19. The average Bonchev–Trinajstić information content (AvgIpc) is 3.54. The van der Waals surface area contributed by atoms with Crippen LogP contribution in [-0.2, 0) is 0 Å². The quantitative estimate of drug-likeness (QED) is 0.293. The Kier molecular flexibility index (Phi) is 3.38. The van der Waals surface area contributed by atoms with E-state index in [4.69, 9.17) is 4.42 Å². The molecule has 1 N–H and O–H groups in total. The molecular formula is C30H18N2O2. The maximum atomic E-state index is 14.0. The van der Waals surface area contributed by atoms with Gasteiger partial charge in [0.25, 0.3) is 0 Å². The number of benzene rings is 5. The molecular weight excluding hydrogens is 420 g/mol. The van der Waals surface area contributed by atoms with Gasteiger partial charge in [0.2, 0.25) is 0 Å². The third-order valence-electron chi connectivity index (χ3n) is 7.11. The first-order valence-corrected chi connectivity index (χ1v) is 11.4. The van der Waals surface area contributed by atoms with Crippen LogP contribution in [0.5, 0.6) is 0 Å². The fourth-order valence-electron chi connectivity index (χ4n) is 5.66. The Morgan fingerprint density at radius 1 is 0.588 bits per heavy atom. The fourth-order valence-corrected chi connectivity index (χ4v) is 5.66. The molecule has 5 aromatic carbocycles. The van der Waals surface area contributed by atoms with Gasteiger partial charge in [-0.25, -0.2) is 0 Å². The summed E-state index contributed by atoms with van der Waals surface area (Å²) in [5.74, 6) is 0. The van der Waals surface area contributed by atoms with E-state index in [0.717, 1.165) is 48.9 Å². The number of furan rings is 1. The molecule has 0 spiro atoms. The molecule has 0 aliphatic carbocycles. The zero-order valence-electron chi connectivity index (χ0n) is 18.1. The summed E-state index contributed by atoms with van der Waals surface area (Å²) in [6.07, 6.45) is 0. The maximum Gasteiger partial charge on any atom is 0.196 e. The maximum absolute atomic E-state index is 14.0. The van der Waals surface area contributed by atoms with Crippen LogP contribution in [0.3, 0.4) is 0 Å². The number of aromatic nitrogens is 1. The first-order valence-electron chi connectivity index (χ1n) is 11.4. The second-order valence-electron chi connectivity index (χ2n) is 8.90. The van der Waals surface area contributed by atoms with Gasteiger partial charge in [0.15, 0.2) is 11.3 Å². The summed E-state index contributed by atoms with van der Waals surface area (Å²) in [5.41, 5.74) is 6.20. The van der Waals surface area contributed by atoms with Crippen LogP contribution in [0, 0.1) is 5.21 Å². The summed E-state index contributed by atoms with van der Waals surface area (Å²) in [4.78, 5) is 0. The minimum absolute atomic E-state index is 0.0241. The van der Waals surface area contributed by atoms with E-state index in [1.807, 2.05) is 54.6 Å². The normalized spacial score (nSPS) is 13.3. The van der Waals surface area contributed by atoms with E-state index in [9.17, 15) is 5.21 Å². The van der Waals surface area contributed by atoms with Crippen molar-refractivity contribution in [2.75, 3.05) is 0 Å². The minimum Gasteiger partial charge on any atom is -0.623 e. The lowest BCUT2D eigenvalue weighted by Crippen LogP contribution is -2.96. The lowest BCUT2D eigenvalue weighted by atomic mass is 10.1. The molecule has 0 aliphatic rings. The molecule has 0 radical (unpaired) electrons. The van der Waals surface area contributed by atoms with Crippen LogP contribution in [0.2, 0.25) is 0 Å². The van der Waals surface area contributed by atoms with Gasteiger partial charge in [0.1, 0.15) is 11.3 Å². The Morgan fingerprint density at radius 2 is 1.18 bits per heavy atom. The summed E-state index contributed by atoms with van der Waals surface area (Å²) in [7, 11) is 0. The van der Waals surface area contributed by atoms with Crippen LogP contribution in [-0.4, -0.2) is 4.40 Å². The number of fused-ring (bicyclic) bond motifs is 9. The smallest absolute Gasteiger partial charge is 0.196 e. The zero-order chi connectivity index (χ0) is 22.4. The fraction of sp³-hybridized carbons (Fsp3) is 0. The highest BCUT2D eigenvalue weighted by molar-refractivity contribution is 6.24. The molecule has 0 saturated carbocycles. The molecule has 3 aromatic heterocycles. The van der Waals surface area contributed by atoms with Gasteiger partial charge < -0.3 is 19.1 Å². The highest BCUT2D eigenvalue weighted by atomic mass is 16.5. The van der Waals surface area contributed by atoms with Gasteiger partial charge in [-0.1, -0.05) is 66.7 Å². The van der Waals surface area contributed by atoms with Gasteiger partial charge in [-0.15, -0.1) is 0 Å². The number of hydrogen-bond donors (Lipinski definition) is 1. The van der Waals surface area contributed by atoms with Crippen molar-refractivity contribution in [3.05, 3.63) is 108 Å². The number of rotatable bonds is 2. The van der Waals surface area contributed by atoms with Crippen LogP contribution in [0.15, 0.2) is 108 Å². The Labute approximate surface area is 193 Å². The number of nitrogens with zero attached hydrogens (tertiary/aromatic N) is 1. The van der Waals surface area contributed by atoms with Crippen molar-refractivity contribution >= 4 is 71.4 Å². The Balaban J connectivity index is 1.46. The van der Waals surface area contributed by atoms with Gasteiger partial charge in [-0.2, -0.15) is 0 Å². The molecule has 0 amide bonds. The predicted molar refractivity (Wildman–Crippen MR) is 138 cm³/mol. The topological polar surface area (TPSA) is 45.0 Å². The van der Waals surface area contributed by atoms with Crippen LogP contribution >= 0.6 is 0 Å². The van der Waals surface area contributed by atoms with Gasteiger partial charge in [-0.05, 0) is 18.2 Å². The van der Waals surface area contributed by atoms with E-state index in [1.54, 1.807) is 0 Å². The SMILES string of the molecule is [O-][NH+](c1cc2c3ccccc3n3c4ccccc4c(c1)c23)c1cccc2c1oc1ccccc12. The number of quaternary nitrogens is 1. The van der Waals surface area contributed by atoms with Gasteiger partial charge >= 0.3 is 0 Å². The monoisotopic (exact) mass is 438 g/mol. The first-order chi connectivity index (χ1) is 16.8. The van der Waals surface area contributed by atoms with E-state index in [-0.39, 0.29) is 5.06 Å². The molecule has 34 heavy (non-hydrogen) atoms. The molecule has 160 valence electrons. The summed E-state index contributed by atoms with van der Waals surface area (Å²) < 4.78 is 8.49. The molecule has 0 saturated heterocycles. The van der Waals surface area contributed by atoms with Crippen molar-refractivity contribution in [2.24, 2.45) is 0 Å². The van der Waals surface area contributed by atoms with Crippen molar-refractivity contribution in [1.29, 1.82) is 0 Å². The lowest BCUT2D eigenvalue weighted by molar-refractivity contribution is -0.697. The van der Waals surface area contributed by atoms with E-state index in [2.05, 4.69) is 52.9 Å². The van der Waals surface area contributed by atoms with Crippen molar-refractivity contribution in [1.82, 2.24) is 4.40 Å². The number of hydrogen-bond acceptors (Lipinski definition) is 2. The minimum atomic E-state index is -0.0241. The molecule has 8 rings (SSSR count). The van der Waals surface area contributed by atoms with Crippen molar-refractivity contribution < 1.29 is 9.48 Å². The highest BCUT2D eigenvalue weighted by Gasteiger charge is 2.22. The Morgan fingerprint density at radius 3 is 1.88 bits per heavy atom. The van der Waals surface area contributed by atoms with Crippen molar-refractivity contribution in [3.63, 3.8) is 0 Å². The van der Waals surface area contributed by atoms with Crippen molar-refractivity contribution in [3.8, 4) is 0 Å². The second-order valence-corrected chi connectivity index (χ2v) is 8.90. The van der Waals surface area contributed by atoms with E-state index in [1.165, 1.54) is 5.52 Å². The average molecular weight is 438 g/mol. The molecule has 1 unspecified atom stereocenters. The van der Waals surface area contributed by atoms with Crippen LogP contribution in [0.4, 0.5) is 11.4 Å². The van der Waals surface area contributed by atoms with E-state index >= 15 is 0 Å². The molecule has 4 heteroatoms. The Bertz CT molecular complexity index is 1960. The van der Waals surface area contributed by atoms with E-state index < -0.39 is 0 Å². The molecule has 0 aliphatic heterocycles. The molecule has 8 aromatic rings. The van der Waals surface area contributed by atoms with Crippen LogP contribution in [0.1, 0.15) is 0 Å². The lowest BCUT2D eigenvalue weighted by Gasteiger charge is -2.21. The first kappa shape index (κ1) is 18.1. The molecule has 4 nitrogen and oxygen atoms in total. The van der Waals surface area contributed by atoms with Gasteiger partial charge in [-0.3, -0.25) is 0 Å². The summed E-state index contributed by atoms with van der Waals surface area (Å²) in [6.45, 7) is 0. The zero-order valence-corrected chi connectivity index (χ0v) is 18.1. The largest absolute Gasteiger partial charge is 0.623 e. The molecule has 1 atom stereocenters. The molecule has 0 fully saturated rings. The highest BCUT2D eigenvalue weighted by Crippen LogP contribution is 2.40. The van der Waals surface area contributed by atoms with Crippen LogP contribution < -0.4 is 5.06 Å². The predicted octanol–water partition coefficient (Wildman–Crippen LogP) is 7.08. The number of para-hydroxylation sites is 4. The van der Waals surface area contributed by atoms with Gasteiger partial charge in [0.05, 0.1) is 16.6 Å². The standard InChI is InChI=1S/C30H18N2O2/c33-32(27-14-7-11-22-21-10-3-6-15-28(21)34-30(22)27)18-16-23-19-8-1-4-12-25(19)31-26-13-5-2-9-20(26)24(17-18)29(23)31/h1-17,32H. The number of nitrogens with one attached hydrogen (secondary N) is 1.